The average molecular weight is 305 g/mol. The predicted molar refractivity (Wildman–Crippen MR) is 77.6 cm³/mol. The summed E-state index contributed by atoms with van der Waals surface area (Å²) in [6.45, 7) is -0.0583. The highest BCUT2D eigenvalue weighted by molar-refractivity contribution is 7.89. The van der Waals surface area contributed by atoms with Gasteiger partial charge in [-0.15, -0.1) is 0 Å². The van der Waals surface area contributed by atoms with Gasteiger partial charge in [-0.2, -0.15) is 5.10 Å². The molecule has 0 bridgehead atoms. The number of benzene rings is 1. The van der Waals surface area contributed by atoms with E-state index in [-0.39, 0.29) is 18.0 Å². The summed E-state index contributed by atoms with van der Waals surface area (Å²) < 4.78 is 28.4. The van der Waals surface area contributed by atoms with Gasteiger partial charge in [0.1, 0.15) is 6.61 Å². The highest BCUT2D eigenvalue weighted by Crippen LogP contribution is 2.10. The van der Waals surface area contributed by atoms with E-state index in [2.05, 4.69) is 21.7 Å². The first kappa shape index (κ1) is 15.3. The molecule has 0 atom stereocenters. The van der Waals surface area contributed by atoms with Crippen LogP contribution in [0.5, 0.6) is 0 Å². The maximum atomic E-state index is 12.1. The maximum absolute atomic E-state index is 12.1. The molecule has 2 N–H and O–H groups in total. The summed E-state index contributed by atoms with van der Waals surface area (Å²) in [5, 5.41) is 12.6. The van der Waals surface area contributed by atoms with Crippen LogP contribution in [-0.4, -0.2) is 29.9 Å². The monoisotopic (exact) mass is 305 g/mol. The van der Waals surface area contributed by atoms with Crippen LogP contribution >= 0.6 is 0 Å². The third-order valence-corrected chi connectivity index (χ3v) is 4.26. The van der Waals surface area contributed by atoms with Gasteiger partial charge in [0.15, 0.2) is 0 Å². The zero-order valence-electron chi connectivity index (χ0n) is 11.4. The van der Waals surface area contributed by atoms with Gasteiger partial charge in [-0.05, 0) is 30.3 Å². The first-order chi connectivity index (χ1) is 10.0. The first-order valence-electron chi connectivity index (χ1n) is 6.19. The van der Waals surface area contributed by atoms with Gasteiger partial charge in [-0.25, -0.2) is 13.1 Å². The summed E-state index contributed by atoms with van der Waals surface area (Å²) in [7, 11) is -1.83. The fraction of sp³-hybridized carbons (Fsp3) is 0.214. The van der Waals surface area contributed by atoms with Crippen LogP contribution in [0.25, 0.3) is 0 Å². The molecule has 0 radical (unpaired) electrons. The fourth-order valence-electron chi connectivity index (χ4n) is 1.69. The van der Waals surface area contributed by atoms with Gasteiger partial charge in [0, 0.05) is 18.8 Å². The molecule has 110 valence electrons. The van der Waals surface area contributed by atoms with Gasteiger partial charge in [0.05, 0.1) is 17.1 Å². The van der Waals surface area contributed by atoms with E-state index in [9.17, 15) is 8.42 Å². The Kier molecular flexibility index (Phi) is 4.75. The van der Waals surface area contributed by atoms with Gasteiger partial charge >= 0.3 is 0 Å². The Hall–Kier alpha value is -2.14. The van der Waals surface area contributed by atoms with E-state index in [1.807, 2.05) is 0 Å². The largest absolute Gasteiger partial charge is 0.384 e. The standard InChI is InChI=1S/C14H15N3O3S/c1-17-13(8-9-15-17)11-16-21(19,20)14-6-4-12(5-7-14)3-2-10-18/h4-9,16,18H,10-11H2,1H3. The van der Waals surface area contributed by atoms with Crippen molar-refractivity contribution in [2.24, 2.45) is 7.05 Å². The average Bonchev–Trinajstić information content (AvgIpc) is 2.89. The normalized spacial score (nSPS) is 11.0. The Morgan fingerprint density at radius 2 is 2.00 bits per heavy atom. The number of hydrogen-bond donors (Lipinski definition) is 2. The number of aliphatic hydroxyl groups excluding tert-OH is 1. The molecule has 2 aromatic rings. The van der Waals surface area contributed by atoms with Crippen molar-refractivity contribution in [3.05, 3.63) is 47.8 Å². The van der Waals surface area contributed by atoms with Crippen LogP contribution in [0.15, 0.2) is 41.4 Å². The van der Waals surface area contributed by atoms with Crippen LogP contribution in [0, 0.1) is 11.8 Å². The van der Waals surface area contributed by atoms with Crippen LogP contribution in [0.3, 0.4) is 0 Å². The predicted octanol–water partition coefficient (Wildman–Crippen LogP) is 0.242. The van der Waals surface area contributed by atoms with E-state index >= 15 is 0 Å². The number of aryl methyl sites for hydroxylation is 1. The van der Waals surface area contributed by atoms with Crippen molar-refractivity contribution in [2.75, 3.05) is 6.61 Å². The maximum Gasteiger partial charge on any atom is 0.240 e. The molecule has 0 spiro atoms. The smallest absolute Gasteiger partial charge is 0.240 e. The number of nitrogens with zero attached hydrogens (tertiary/aromatic N) is 2. The SMILES string of the molecule is Cn1nccc1CNS(=O)(=O)c1ccc(C#CCO)cc1. The Labute approximate surface area is 123 Å². The molecular formula is C14H15N3O3S. The second-order valence-corrected chi connectivity index (χ2v) is 6.02. The molecule has 0 aliphatic heterocycles. The highest BCUT2D eigenvalue weighted by atomic mass is 32.2. The summed E-state index contributed by atoms with van der Waals surface area (Å²) in [5.41, 5.74) is 1.42. The van der Waals surface area contributed by atoms with Crippen molar-refractivity contribution < 1.29 is 13.5 Å². The van der Waals surface area contributed by atoms with Gasteiger partial charge in [-0.1, -0.05) is 11.8 Å². The van der Waals surface area contributed by atoms with Gasteiger partial charge < -0.3 is 5.11 Å². The minimum absolute atomic E-state index is 0.166. The Morgan fingerprint density at radius 3 is 2.57 bits per heavy atom. The van der Waals surface area contributed by atoms with Crippen molar-refractivity contribution in [1.29, 1.82) is 0 Å². The van der Waals surface area contributed by atoms with Crippen LogP contribution in [0.2, 0.25) is 0 Å². The Balaban J connectivity index is 2.10. The van der Waals surface area contributed by atoms with Crippen LogP contribution in [0.1, 0.15) is 11.3 Å². The number of sulfonamides is 1. The Morgan fingerprint density at radius 1 is 1.29 bits per heavy atom. The van der Waals surface area contributed by atoms with Gasteiger partial charge in [0.2, 0.25) is 10.0 Å². The lowest BCUT2D eigenvalue weighted by molar-refractivity contribution is 0.350. The quantitative estimate of drug-likeness (QED) is 0.793. The van der Waals surface area contributed by atoms with Crippen LogP contribution in [0.4, 0.5) is 0 Å². The number of aliphatic hydroxyl groups is 1. The van der Waals surface area contributed by atoms with Crippen molar-refractivity contribution in [3.63, 3.8) is 0 Å². The fourth-order valence-corrected chi connectivity index (χ4v) is 2.68. The molecule has 0 aliphatic carbocycles. The zero-order chi connectivity index (χ0) is 15.3. The minimum atomic E-state index is -3.58. The van der Waals surface area contributed by atoms with E-state index < -0.39 is 10.0 Å². The molecule has 0 aliphatic rings. The number of aromatic nitrogens is 2. The molecule has 0 amide bonds. The van der Waals surface area contributed by atoms with E-state index in [0.29, 0.717) is 5.56 Å². The second kappa shape index (κ2) is 6.54. The molecule has 21 heavy (non-hydrogen) atoms. The molecule has 7 heteroatoms. The van der Waals surface area contributed by atoms with E-state index in [0.717, 1.165) is 5.69 Å². The molecule has 2 rings (SSSR count). The van der Waals surface area contributed by atoms with Crippen molar-refractivity contribution in [3.8, 4) is 11.8 Å². The molecular weight excluding hydrogens is 290 g/mol. The van der Waals surface area contributed by atoms with Gasteiger partial charge in [-0.3, -0.25) is 4.68 Å². The summed E-state index contributed by atoms with van der Waals surface area (Å²) in [4.78, 5) is 0.166. The van der Waals surface area contributed by atoms with Crippen LogP contribution in [-0.2, 0) is 23.6 Å². The summed E-state index contributed by atoms with van der Waals surface area (Å²) in [6, 6.07) is 7.90. The van der Waals surface area contributed by atoms with Crippen molar-refractivity contribution in [1.82, 2.24) is 14.5 Å². The lowest BCUT2D eigenvalue weighted by Crippen LogP contribution is -2.24. The van der Waals surface area contributed by atoms with Crippen molar-refractivity contribution in [2.45, 2.75) is 11.4 Å². The van der Waals surface area contributed by atoms with Gasteiger partial charge in [0.25, 0.3) is 0 Å². The first-order valence-corrected chi connectivity index (χ1v) is 7.67. The minimum Gasteiger partial charge on any atom is -0.384 e. The summed E-state index contributed by atoms with van der Waals surface area (Å²) >= 11 is 0. The second-order valence-electron chi connectivity index (χ2n) is 4.25. The molecule has 0 saturated carbocycles. The summed E-state index contributed by atoms with van der Waals surface area (Å²) in [5.74, 6) is 5.21. The molecule has 1 heterocycles. The highest BCUT2D eigenvalue weighted by Gasteiger charge is 2.14. The number of nitrogens with one attached hydrogen (secondary N) is 1. The lowest BCUT2D eigenvalue weighted by Gasteiger charge is -2.07. The zero-order valence-corrected chi connectivity index (χ0v) is 12.3. The molecule has 0 unspecified atom stereocenters. The third kappa shape index (κ3) is 3.92. The van der Waals surface area contributed by atoms with Crippen LogP contribution < -0.4 is 4.72 Å². The van der Waals surface area contributed by atoms with E-state index in [1.165, 1.54) is 12.1 Å². The molecule has 6 nitrogen and oxygen atoms in total. The molecule has 1 aromatic heterocycles. The third-order valence-electron chi connectivity index (χ3n) is 2.84. The lowest BCUT2D eigenvalue weighted by atomic mass is 10.2. The Bertz CT molecular complexity index is 768. The molecule has 1 aromatic carbocycles. The molecule has 0 fully saturated rings. The van der Waals surface area contributed by atoms with E-state index in [1.54, 1.807) is 36.1 Å². The van der Waals surface area contributed by atoms with E-state index in [4.69, 9.17) is 5.11 Å². The summed E-state index contributed by atoms with van der Waals surface area (Å²) in [6.07, 6.45) is 1.61. The molecule has 0 saturated heterocycles. The topological polar surface area (TPSA) is 84.2 Å². The van der Waals surface area contributed by atoms with Crippen molar-refractivity contribution >= 4 is 10.0 Å². The number of rotatable bonds is 4. The number of hydrogen-bond acceptors (Lipinski definition) is 4.